The van der Waals surface area contributed by atoms with E-state index in [9.17, 15) is 0 Å². The molecule has 2 heterocycles. The smallest absolute Gasteiger partial charge is 0.0558 e. The van der Waals surface area contributed by atoms with Crippen molar-refractivity contribution >= 4 is 0 Å². The maximum Gasteiger partial charge on any atom is 0.0558 e. The Labute approximate surface area is 103 Å². The molecule has 0 radical (unpaired) electrons. The molecule has 2 fully saturated rings. The zero-order chi connectivity index (χ0) is 12.1. The zero-order valence-corrected chi connectivity index (χ0v) is 10.5. The lowest BCUT2D eigenvalue weighted by atomic mass is 10.5. The average molecular weight is 244 g/mol. The molecule has 0 aromatic carbocycles. The van der Waals surface area contributed by atoms with E-state index in [2.05, 4.69) is 19.6 Å². The van der Waals surface area contributed by atoms with E-state index in [0.29, 0.717) is 0 Å². The van der Waals surface area contributed by atoms with E-state index in [1.165, 1.54) is 0 Å². The molecule has 2 saturated heterocycles. The molecule has 2 N–H and O–H groups in total. The minimum Gasteiger partial charge on any atom is -0.395 e. The van der Waals surface area contributed by atoms with Gasteiger partial charge >= 0.3 is 0 Å². The van der Waals surface area contributed by atoms with Crippen molar-refractivity contribution in [2.45, 2.75) is 0 Å². The Morgan fingerprint density at radius 1 is 0.647 bits per heavy atom. The predicted octanol–water partition coefficient (Wildman–Crippen LogP) is -1.92. The first-order chi connectivity index (χ1) is 8.31. The van der Waals surface area contributed by atoms with Gasteiger partial charge in [-0.1, -0.05) is 0 Å². The number of aliphatic hydroxyl groups is 2. The van der Waals surface area contributed by atoms with Gasteiger partial charge in [-0.2, -0.15) is 0 Å². The Morgan fingerprint density at radius 2 is 1.06 bits per heavy atom. The SMILES string of the molecule is OCCN1CCN(CN2CCN(CCO)C2)C1. The fourth-order valence-electron chi connectivity index (χ4n) is 2.58. The lowest BCUT2D eigenvalue weighted by Crippen LogP contribution is -2.38. The van der Waals surface area contributed by atoms with Crippen LogP contribution in [0.1, 0.15) is 0 Å². The fourth-order valence-corrected chi connectivity index (χ4v) is 2.58. The lowest BCUT2D eigenvalue weighted by Gasteiger charge is -2.24. The standard InChI is InChI=1S/C11H24N4O2/c16-7-5-12-1-3-14(9-12)11-15-4-2-13(10-15)6-8-17/h16-17H,1-11H2. The van der Waals surface area contributed by atoms with Crippen molar-refractivity contribution in [3.8, 4) is 0 Å². The van der Waals surface area contributed by atoms with Crippen molar-refractivity contribution in [1.29, 1.82) is 0 Å². The number of hydrogen-bond donors (Lipinski definition) is 2. The second kappa shape index (κ2) is 6.63. The molecule has 0 aliphatic carbocycles. The molecule has 0 aromatic heterocycles. The van der Waals surface area contributed by atoms with Crippen LogP contribution in [0.15, 0.2) is 0 Å². The van der Waals surface area contributed by atoms with Crippen LogP contribution in [-0.2, 0) is 0 Å². The van der Waals surface area contributed by atoms with Crippen LogP contribution >= 0.6 is 0 Å². The second-order valence-electron chi connectivity index (χ2n) is 4.90. The summed E-state index contributed by atoms with van der Waals surface area (Å²) in [6.07, 6.45) is 0. The first-order valence-corrected chi connectivity index (χ1v) is 6.43. The molecule has 6 heteroatoms. The highest BCUT2D eigenvalue weighted by molar-refractivity contribution is 4.75. The highest BCUT2D eigenvalue weighted by Gasteiger charge is 2.24. The van der Waals surface area contributed by atoms with Gasteiger partial charge in [-0.3, -0.25) is 19.6 Å². The van der Waals surface area contributed by atoms with Crippen molar-refractivity contribution in [1.82, 2.24) is 19.6 Å². The van der Waals surface area contributed by atoms with E-state index in [0.717, 1.165) is 59.3 Å². The summed E-state index contributed by atoms with van der Waals surface area (Å²) in [5, 5.41) is 17.8. The number of nitrogens with zero attached hydrogens (tertiary/aromatic N) is 4. The molecule has 2 rings (SSSR count). The van der Waals surface area contributed by atoms with Gasteiger partial charge in [0.25, 0.3) is 0 Å². The van der Waals surface area contributed by atoms with E-state index in [1.807, 2.05) is 0 Å². The highest BCUT2D eigenvalue weighted by Crippen LogP contribution is 2.09. The number of aliphatic hydroxyl groups excluding tert-OH is 2. The Kier molecular flexibility index (Phi) is 5.15. The van der Waals surface area contributed by atoms with Gasteiger partial charge < -0.3 is 10.2 Å². The monoisotopic (exact) mass is 244 g/mol. The van der Waals surface area contributed by atoms with Crippen LogP contribution in [0.4, 0.5) is 0 Å². The van der Waals surface area contributed by atoms with Gasteiger partial charge in [-0.05, 0) is 0 Å². The van der Waals surface area contributed by atoms with Crippen molar-refractivity contribution in [2.24, 2.45) is 0 Å². The molecule has 17 heavy (non-hydrogen) atoms. The maximum atomic E-state index is 8.89. The zero-order valence-electron chi connectivity index (χ0n) is 10.5. The molecular formula is C11H24N4O2. The Bertz CT molecular complexity index is 208. The average Bonchev–Trinajstić information content (AvgIpc) is 2.91. The third-order valence-electron chi connectivity index (χ3n) is 3.50. The van der Waals surface area contributed by atoms with Crippen molar-refractivity contribution < 1.29 is 10.2 Å². The molecular weight excluding hydrogens is 220 g/mol. The van der Waals surface area contributed by atoms with Gasteiger partial charge in [-0.15, -0.1) is 0 Å². The summed E-state index contributed by atoms with van der Waals surface area (Å²) in [4.78, 5) is 9.39. The summed E-state index contributed by atoms with van der Waals surface area (Å²) in [6.45, 7) is 9.33. The van der Waals surface area contributed by atoms with Crippen LogP contribution in [0.2, 0.25) is 0 Å². The summed E-state index contributed by atoms with van der Waals surface area (Å²) >= 11 is 0. The first-order valence-electron chi connectivity index (χ1n) is 6.43. The topological polar surface area (TPSA) is 53.4 Å². The molecule has 0 unspecified atom stereocenters. The van der Waals surface area contributed by atoms with E-state index < -0.39 is 0 Å². The van der Waals surface area contributed by atoms with Gasteiger partial charge in [0.05, 0.1) is 33.2 Å². The lowest BCUT2D eigenvalue weighted by molar-refractivity contribution is 0.123. The van der Waals surface area contributed by atoms with Crippen molar-refractivity contribution in [3.63, 3.8) is 0 Å². The van der Waals surface area contributed by atoms with Crippen LogP contribution in [0.5, 0.6) is 0 Å². The molecule has 0 amide bonds. The summed E-state index contributed by atoms with van der Waals surface area (Å²) < 4.78 is 0. The second-order valence-corrected chi connectivity index (χ2v) is 4.90. The van der Waals surface area contributed by atoms with Crippen molar-refractivity contribution in [2.75, 3.05) is 72.5 Å². The first kappa shape index (κ1) is 13.2. The van der Waals surface area contributed by atoms with Crippen LogP contribution in [0.25, 0.3) is 0 Å². The molecule has 6 nitrogen and oxygen atoms in total. The Morgan fingerprint density at radius 3 is 1.47 bits per heavy atom. The minimum absolute atomic E-state index is 0.252. The van der Waals surface area contributed by atoms with Gasteiger partial charge in [0, 0.05) is 39.3 Å². The van der Waals surface area contributed by atoms with Gasteiger partial charge in [0.15, 0.2) is 0 Å². The number of β-amino-alcohol motifs (C(OH)–C–C–N with tert-alkyl or cyclic N) is 2. The molecule has 2 aliphatic heterocycles. The third kappa shape index (κ3) is 3.87. The summed E-state index contributed by atoms with van der Waals surface area (Å²) in [5.41, 5.74) is 0. The molecule has 2 aliphatic rings. The molecule has 0 saturated carbocycles. The molecule has 100 valence electrons. The van der Waals surface area contributed by atoms with Crippen LogP contribution in [0.3, 0.4) is 0 Å². The number of hydrogen-bond acceptors (Lipinski definition) is 6. The predicted molar refractivity (Wildman–Crippen MR) is 65.3 cm³/mol. The van der Waals surface area contributed by atoms with Crippen LogP contribution < -0.4 is 0 Å². The highest BCUT2D eigenvalue weighted by atomic mass is 16.3. The van der Waals surface area contributed by atoms with E-state index in [1.54, 1.807) is 0 Å². The van der Waals surface area contributed by atoms with Crippen LogP contribution in [-0.4, -0.2) is 102 Å². The Hall–Kier alpha value is -0.240. The summed E-state index contributed by atoms with van der Waals surface area (Å²) in [7, 11) is 0. The summed E-state index contributed by atoms with van der Waals surface area (Å²) in [6, 6.07) is 0. The van der Waals surface area contributed by atoms with Gasteiger partial charge in [-0.25, -0.2) is 0 Å². The largest absolute Gasteiger partial charge is 0.395 e. The molecule has 0 spiro atoms. The Balaban J connectivity index is 1.65. The van der Waals surface area contributed by atoms with E-state index >= 15 is 0 Å². The van der Waals surface area contributed by atoms with Gasteiger partial charge in [0.1, 0.15) is 0 Å². The summed E-state index contributed by atoms with van der Waals surface area (Å²) in [5.74, 6) is 0. The number of rotatable bonds is 6. The van der Waals surface area contributed by atoms with Gasteiger partial charge in [0.2, 0.25) is 0 Å². The maximum absolute atomic E-state index is 8.89. The quantitative estimate of drug-likeness (QED) is 0.568. The molecule has 0 aromatic rings. The van der Waals surface area contributed by atoms with E-state index in [-0.39, 0.29) is 13.2 Å². The van der Waals surface area contributed by atoms with E-state index in [4.69, 9.17) is 10.2 Å². The fraction of sp³-hybridized carbons (Fsp3) is 1.00. The third-order valence-corrected chi connectivity index (χ3v) is 3.50. The normalized spacial score (nSPS) is 25.1. The van der Waals surface area contributed by atoms with Crippen LogP contribution in [0, 0.1) is 0 Å². The van der Waals surface area contributed by atoms with Crippen molar-refractivity contribution in [3.05, 3.63) is 0 Å². The molecule has 0 bridgehead atoms. The minimum atomic E-state index is 0.252. The molecule has 0 atom stereocenters.